The van der Waals surface area contributed by atoms with Gasteiger partial charge >= 0.3 is 0 Å². The highest BCUT2D eigenvalue weighted by atomic mass is 79.9. The number of carbonyl (C=O) groups excluding carboxylic acids is 1. The maximum atomic E-state index is 10.2. The maximum absolute atomic E-state index is 10.2. The number of aldehydes is 1. The van der Waals surface area contributed by atoms with Gasteiger partial charge in [-0.25, -0.2) is 0 Å². The minimum Gasteiger partial charge on any atom is -0.508 e. The van der Waals surface area contributed by atoms with Crippen molar-refractivity contribution in [1.82, 2.24) is 0 Å². The third-order valence-electron chi connectivity index (χ3n) is 1.20. The highest BCUT2D eigenvalue weighted by Gasteiger charge is 2.05. The zero-order chi connectivity index (χ0) is 8.43. The molecule has 0 aliphatic rings. The number of rotatable bonds is 1. The second kappa shape index (κ2) is 2.92. The van der Waals surface area contributed by atoms with E-state index in [1.807, 2.05) is 0 Å². The van der Waals surface area contributed by atoms with Gasteiger partial charge in [0.25, 0.3) is 0 Å². The molecule has 1 aromatic rings. The third kappa shape index (κ3) is 1.51. The highest BCUT2D eigenvalue weighted by Crippen LogP contribution is 2.30. The molecule has 0 saturated heterocycles. The molecule has 3 nitrogen and oxygen atoms in total. The van der Waals surface area contributed by atoms with Gasteiger partial charge in [0.05, 0.1) is 10.0 Å². The summed E-state index contributed by atoms with van der Waals surface area (Å²) in [7, 11) is 0. The van der Waals surface area contributed by atoms with E-state index >= 15 is 0 Å². The Morgan fingerprint density at radius 2 is 2.00 bits per heavy atom. The van der Waals surface area contributed by atoms with Crippen molar-refractivity contribution in [2.24, 2.45) is 0 Å². The van der Waals surface area contributed by atoms with Crippen LogP contribution in [0.5, 0.6) is 11.5 Å². The molecule has 0 spiro atoms. The van der Waals surface area contributed by atoms with E-state index in [1.165, 1.54) is 12.1 Å². The number of halogens is 1. The Hall–Kier alpha value is -1.03. The molecule has 1 aromatic carbocycles. The van der Waals surface area contributed by atoms with Gasteiger partial charge in [-0.2, -0.15) is 0 Å². The largest absolute Gasteiger partial charge is 0.508 e. The topological polar surface area (TPSA) is 57.5 Å². The SMILES string of the molecule is O=Cc1cc(O)cc(Br)c1O. The quantitative estimate of drug-likeness (QED) is 0.555. The van der Waals surface area contributed by atoms with Crippen LogP contribution in [0.4, 0.5) is 0 Å². The van der Waals surface area contributed by atoms with Gasteiger partial charge in [0.2, 0.25) is 0 Å². The fourth-order valence-corrected chi connectivity index (χ4v) is 1.16. The molecule has 0 heterocycles. The standard InChI is InChI=1S/C7H5BrO3/c8-6-2-5(10)1-4(3-9)7(6)11/h1-3,10-11H. The normalized spacial score (nSPS) is 9.55. The summed E-state index contributed by atoms with van der Waals surface area (Å²) in [5.74, 6) is -0.213. The molecule has 11 heavy (non-hydrogen) atoms. The maximum Gasteiger partial charge on any atom is 0.153 e. The van der Waals surface area contributed by atoms with E-state index in [1.54, 1.807) is 0 Å². The minimum absolute atomic E-state index is 0.0585. The van der Waals surface area contributed by atoms with Crippen molar-refractivity contribution >= 4 is 22.2 Å². The second-order valence-electron chi connectivity index (χ2n) is 1.98. The minimum atomic E-state index is -0.155. The Labute approximate surface area is 71.4 Å². The predicted octanol–water partition coefficient (Wildman–Crippen LogP) is 1.67. The summed E-state index contributed by atoms with van der Waals surface area (Å²) in [5, 5.41) is 18.1. The molecule has 1 rings (SSSR count). The summed E-state index contributed by atoms with van der Waals surface area (Å²) >= 11 is 2.97. The molecule has 0 atom stereocenters. The molecule has 0 unspecified atom stereocenters. The number of carbonyl (C=O) groups is 1. The molecule has 0 saturated carbocycles. The van der Waals surface area contributed by atoms with E-state index < -0.39 is 0 Å². The number of phenolic OH excluding ortho intramolecular Hbond substituents is 2. The van der Waals surface area contributed by atoms with Gasteiger partial charge in [-0.15, -0.1) is 0 Å². The first-order valence-electron chi connectivity index (χ1n) is 2.82. The number of hydrogen-bond donors (Lipinski definition) is 2. The molecule has 0 aliphatic heterocycles. The smallest absolute Gasteiger partial charge is 0.153 e. The molecule has 0 aromatic heterocycles. The zero-order valence-electron chi connectivity index (χ0n) is 5.41. The Morgan fingerprint density at radius 3 is 2.55 bits per heavy atom. The summed E-state index contributed by atoms with van der Waals surface area (Å²) in [6.07, 6.45) is 0.472. The van der Waals surface area contributed by atoms with Gasteiger partial charge in [0.15, 0.2) is 6.29 Å². The molecule has 0 aliphatic carbocycles. The van der Waals surface area contributed by atoms with Gasteiger partial charge in [-0.05, 0) is 28.1 Å². The zero-order valence-corrected chi connectivity index (χ0v) is 7.00. The highest BCUT2D eigenvalue weighted by molar-refractivity contribution is 9.10. The van der Waals surface area contributed by atoms with Crippen LogP contribution >= 0.6 is 15.9 Å². The van der Waals surface area contributed by atoms with Crippen molar-refractivity contribution in [2.45, 2.75) is 0 Å². The Morgan fingerprint density at radius 1 is 1.36 bits per heavy atom. The van der Waals surface area contributed by atoms with Crippen molar-refractivity contribution in [3.8, 4) is 11.5 Å². The molecule has 0 bridgehead atoms. The van der Waals surface area contributed by atoms with Gasteiger partial charge in [-0.1, -0.05) is 0 Å². The van der Waals surface area contributed by atoms with Crippen LogP contribution in [0.3, 0.4) is 0 Å². The van der Waals surface area contributed by atoms with Gasteiger partial charge in [0.1, 0.15) is 11.5 Å². The van der Waals surface area contributed by atoms with Crippen molar-refractivity contribution < 1.29 is 15.0 Å². The number of hydrogen-bond acceptors (Lipinski definition) is 3. The van der Waals surface area contributed by atoms with E-state index in [0.29, 0.717) is 10.8 Å². The average Bonchev–Trinajstić information content (AvgIpc) is 1.96. The lowest BCUT2D eigenvalue weighted by atomic mass is 10.2. The Balaban J connectivity index is 3.35. The summed E-state index contributed by atoms with van der Waals surface area (Å²) in [6.45, 7) is 0. The van der Waals surface area contributed by atoms with Gasteiger partial charge < -0.3 is 10.2 Å². The lowest BCUT2D eigenvalue weighted by Crippen LogP contribution is -1.81. The van der Waals surface area contributed by atoms with Crippen LogP contribution in [0.2, 0.25) is 0 Å². The van der Waals surface area contributed by atoms with Crippen LogP contribution in [0.25, 0.3) is 0 Å². The second-order valence-corrected chi connectivity index (χ2v) is 2.84. The Bertz CT molecular complexity index is 296. The van der Waals surface area contributed by atoms with Crippen LogP contribution in [-0.2, 0) is 0 Å². The predicted molar refractivity (Wildman–Crippen MR) is 42.9 cm³/mol. The molecule has 0 amide bonds. The fraction of sp³-hybridized carbons (Fsp3) is 0. The van der Waals surface area contributed by atoms with Crippen LogP contribution in [0.1, 0.15) is 10.4 Å². The summed E-state index contributed by atoms with van der Waals surface area (Å²) in [6, 6.07) is 2.50. The van der Waals surface area contributed by atoms with E-state index in [-0.39, 0.29) is 17.1 Å². The van der Waals surface area contributed by atoms with Gasteiger partial charge in [0, 0.05) is 0 Å². The van der Waals surface area contributed by atoms with Crippen molar-refractivity contribution in [3.63, 3.8) is 0 Å². The lowest BCUT2D eigenvalue weighted by molar-refractivity contribution is 0.112. The Kier molecular flexibility index (Phi) is 2.14. The van der Waals surface area contributed by atoms with Crippen molar-refractivity contribution in [2.75, 3.05) is 0 Å². The number of phenols is 2. The average molecular weight is 217 g/mol. The van der Waals surface area contributed by atoms with Crippen molar-refractivity contribution in [3.05, 3.63) is 22.2 Å². The monoisotopic (exact) mass is 216 g/mol. The molecule has 0 fully saturated rings. The van der Waals surface area contributed by atoms with E-state index in [4.69, 9.17) is 10.2 Å². The summed E-state index contributed by atoms with van der Waals surface area (Å²) in [4.78, 5) is 10.2. The van der Waals surface area contributed by atoms with E-state index in [9.17, 15) is 4.79 Å². The van der Waals surface area contributed by atoms with Crippen LogP contribution in [0, 0.1) is 0 Å². The molecular formula is C7H5BrO3. The van der Waals surface area contributed by atoms with E-state index in [0.717, 1.165) is 0 Å². The first-order chi connectivity index (χ1) is 5.15. The molecule has 58 valence electrons. The molecule has 4 heteroatoms. The lowest BCUT2D eigenvalue weighted by Gasteiger charge is -2.00. The summed E-state index contributed by atoms with van der Waals surface area (Å²) < 4.78 is 0.305. The van der Waals surface area contributed by atoms with Crippen LogP contribution in [-0.4, -0.2) is 16.5 Å². The fourth-order valence-electron chi connectivity index (χ4n) is 0.695. The van der Waals surface area contributed by atoms with Crippen LogP contribution in [0.15, 0.2) is 16.6 Å². The third-order valence-corrected chi connectivity index (χ3v) is 1.81. The number of aromatic hydroxyl groups is 2. The van der Waals surface area contributed by atoms with Crippen LogP contribution < -0.4 is 0 Å². The molecule has 2 N–H and O–H groups in total. The van der Waals surface area contributed by atoms with E-state index in [2.05, 4.69) is 15.9 Å². The first kappa shape index (κ1) is 8.07. The summed E-state index contributed by atoms with van der Waals surface area (Å²) in [5.41, 5.74) is 0.0666. The van der Waals surface area contributed by atoms with Gasteiger partial charge in [-0.3, -0.25) is 4.79 Å². The molecular weight excluding hydrogens is 212 g/mol. The van der Waals surface area contributed by atoms with Crippen molar-refractivity contribution in [1.29, 1.82) is 0 Å². The molecule has 0 radical (unpaired) electrons. The first-order valence-corrected chi connectivity index (χ1v) is 3.61. The number of benzene rings is 1.